The highest BCUT2D eigenvalue weighted by Crippen LogP contribution is 2.24. The zero-order valence-corrected chi connectivity index (χ0v) is 16.8. The van der Waals surface area contributed by atoms with Crippen molar-refractivity contribution in [2.75, 3.05) is 23.3 Å². The van der Waals surface area contributed by atoms with Crippen molar-refractivity contribution in [2.45, 2.75) is 25.8 Å². The second-order valence-corrected chi connectivity index (χ2v) is 7.78. The van der Waals surface area contributed by atoms with Crippen LogP contribution in [0.5, 0.6) is 11.5 Å². The van der Waals surface area contributed by atoms with Crippen LogP contribution in [0.25, 0.3) is 5.65 Å². The van der Waals surface area contributed by atoms with Crippen LogP contribution in [0.1, 0.15) is 18.7 Å². The number of anilines is 2. The zero-order valence-electron chi connectivity index (χ0n) is 16.0. The van der Waals surface area contributed by atoms with Crippen molar-refractivity contribution in [1.29, 1.82) is 0 Å². The molecular formula is C20H21N7OS. The molecule has 8 nitrogen and oxygen atoms in total. The molecule has 9 heteroatoms. The maximum absolute atomic E-state index is 5.88. The van der Waals surface area contributed by atoms with Crippen molar-refractivity contribution >= 4 is 28.3 Å². The number of ether oxygens (including phenoxy) is 1. The molecule has 3 aromatic heterocycles. The van der Waals surface area contributed by atoms with Gasteiger partial charge in [0.05, 0.1) is 6.20 Å². The standard InChI is InChI=1S/C20H21N7OS/c1-14-21-20(29-25-14)26-11-9-15(10-12-26)22-19-23-18-8-7-17(13-27(18)24-19)28-16-5-3-2-4-6-16/h2-8,13,15H,9-12H2,1H3,(H,22,24). The molecule has 1 N–H and O–H groups in total. The zero-order chi connectivity index (χ0) is 19.6. The smallest absolute Gasteiger partial charge is 0.243 e. The van der Waals surface area contributed by atoms with Crippen LogP contribution in [0, 0.1) is 6.92 Å². The fourth-order valence-corrected chi connectivity index (χ4v) is 4.15. The summed E-state index contributed by atoms with van der Waals surface area (Å²) in [4.78, 5) is 11.4. The largest absolute Gasteiger partial charge is 0.456 e. The van der Waals surface area contributed by atoms with Gasteiger partial charge in [0.15, 0.2) is 5.65 Å². The van der Waals surface area contributed by atoms with E-state index >= 15 is 0 Å². The average molecular weight is 408 g/mol. The Morgan fingerprint density at radius 2 is 1.86 bits per heavy atom. The lowest BCUT2D eigenvalue weighted by molar-refractivity contribution is 0.478. The number of benzene rings is 1. The Bertz CT molecular complexity index is 1100. The lowest BCUT2D eigenvalue weighted by Crippen LogP contribution is -2.39. The normalized spacial score (nSPS) is 15.0. The minimum atomic E-state index is 0.345. The number of para-hydroxylation sites is 1. The summed E-state index contributed by atoms with van der Waals surface area (Å²) < 4.78 is 11.9. The summed E-state index contributed by atoms with van der Waals surface area (Å²) in [5.74, 6) is 3.00. The monoisotopic (exact) mass is 407 g/mol. The summed E-state index contributed by atoms with van der Waals surface area (Å²) in [6, 6.07) is 13.9. The van der Waals surface area contributed by atoms with E-state index in [2.05, 4.69) is 29.7 Å². The highest BCUT2D eigenvalue weighted by molar-refractivity contribution is 7.09. The third kappa shape index (κ3) is 4.00. The summed E-state index contributed by atoms with van der Waals surface area (Å²) >= 11 is 1.47. The van der Waals surface area contributed by atoms with E-state index in [0.717, 1.165) is 54.0 Å². The van der Waals surface area contributed by atoms with Gasteiger partial charge in [-0.05, 0) is 44.0 Å². The number of aryl methyl sites for hydroxylation is 1. The van der Waals surface area contributed by atoms with Crippen LogP contribution in [0.15, 0.2) is 48.7 Å². The summed E-state index contributed by atoms with van der Waals surface area (Å²) in [6.07, 6.45) is 3.87. The topological polar surface area (TPSA) is 80.5 Å². The fraction of sp³-hybridized carbons (Fsp3) is 0.300. The molecule has 148 valence electrons. The first kappa shape index (κ1) is 17.9. The maximum Gasteiger partial charge on any atom is 0.243 e. The van der Waals surface area contributed by atoms with Gasteiger partial charge in [-0.3, -0.25) is 0 Å². The van der Waals surface area contributed by atoms with Gasteiger partial charge in [-0.2, -0.15) is 9.36 Å². The van der Waals surface area contributed by atoms with Gasteiger partial charge >= 0.3 is 0 Å². The predicted molar refractivity (Wildman–Crippen MR) is 113 cm³/mol. The van der Waals surface area contributed by atoms with Gasteiger partial charge < -0.3 is 15.0 Å². The van der Waals surface area contributed by atoms with Crippen LogP contribution in [-0.2, 0) is 0 Å². The van der Waals surface area contributed by atoms with Crippen molar-refractivity contribution in [3.63, 3.8) is 0 Å². The van der Waals surface area contributed by atoms with Gasteiger partial charge in [0.1, 0.15) is 17.3 Å². The molecular weight excluding hydrogens is 386 g/mol. The number of aromatic nitrogens is 5. The lowest BCUT2D eigenvalue weighted by Gasteiger charge is -2.31. The van der Waals surface area contributed by atoms with Gasteiger partial charge in [-0.1, -0.05) is 18.2 Å². The molecule has 1 aromatic carbocycles. The van der Waals surface area contributed by atoms with Crippen molar-refractivity contribution in [1.82, 2.24) is 24.0 Å². The van der Waals surface area contributed by atoms with Crippen LogP contribution in [-0.4, -0.2) is 43.1 Å². The Hall–Kier alpha value is -3.20. The van der Waals surface area contributed by atoms with Crippen LogP contribution < -0.4 is 15.0 Å². The molecule has 0 amide bonds. The molecule has 0 radical (unpaired) electrons. The quantitative estimate of drug-likeness (QED) is 0.539. The number of fused-ring (bicyclic) bond motifs is 1. The Balaban J connectivity index is 1.23. The molecule has 4 heterocycles. The molecule has 1 aliphatic heterocycles. The van der Waals surface area contributed by atoms with E-state index in [1.54, 1.807) is 4.52 Å². The molecule has 0 bridgehead atoms. The lowest BCUT2D eigenvalue weighted by atomic mass is 10.1. The molecule has 0 atom stereocenters. The number of hydrogen-bond donors (Lipinski definition) is 1. The predicted octanol–water partition coefficient (Wildman–Crippen LogP) is 3.76. The van der Waals surface area contributed by atoms with E-state index in [4.69, 9.17) is 4.74 Å². The Labute approximate surface area is 172 Å². The number of pyridine rings is 1. The summed E-state index contributed by atoms with van der Waals surface area (Å²) in [7, 11) is 0. The average Bonchev–Trinajstić information content (AvgIpc) is 3.35. The van der Waals surface area contributed by atoms with Crippen molar-refractivity contribution in [2.24, 2.45) is 0 Å². The summed E-state index contributed by atoms with van der Waals surface area (Å²) in [5, 5.41) is 9.06. The van der Waals surface area contributed by atoms with Crippen molar-refractivity contribution in [3.05, 3.63) is 54.5 Å². The molecule has 0 saturated carbocycles. The highest BCUT2D eigenvalue weighted by atomic mass is 32.1. The van der Waals surface area contributed by atoms with Crippen LogP contribution in [0.3, 0.4) is 0 Å². The third-order valence-electron chi connectivity index (χ3n) is 4.90. The van der Waals surface area contributed by atoms with E-state index < -0.39 is 0 Å². The molecule has 0 aliphatic carbocycles. The maximum atomic E-state index is 5.88. The minimum Gasteiger partial charge on any atom is -0.456 e. The highest BCUT2D eigenvalue weighted by Gasteiger charge is 2.22. The summed E-state index contributed by atoms with van der Waals surface area (Å²) in [5.41, 5.74) is 0.787. The number of nitrogens with zero attached hydrogens (tertiary/aromatic N) is 6. The van der Waals surface area contributed by atoms with Gasteiger partial charge in [-0.25, -0.2) is 9.50 Å². The fourth-order valence-electron chi connectivity index (χ4n) is 3.42. The van der Waals surface area contributed by atoms with Gasteiger partial charge in [-0.15, -0.1) is 5.10 Å². The molecule has 0 unspecified atom stereocenters. The first-order chi connectivity index (χ1) is 14.2. The first-order valence-corrected chi connectivity index (χ1v) is 10.4. The van der Waals surface area contributed by atoms with Crippen LogP contribution in [0.2, 0.25) is 0 Å². The van der Waals surface area contributed by atoms with Gasteiger partial charge in [0.25, 0.3) is 0 Å². The third-order valence-corrected chi connectivity index (χ3v) is 5.77. The van der Waals surface area contributed by atoms with Crippen molar-refractivity contribution < 1.29 is 4.74 Å². The second-order valence-electron chi connectivity index (χ2n) is 7.05. The molecule has 1 aliphatic rings. The number of piperidine rings is 1. The van der Waals surface area contributed by atoms with Gasteiger partial charge in [0, 0.05) is 30.7 Å². The summed E-state index contributed by atoms with van der Waals surface area (Å²) in [6.45, 7) is 3.84. The molecule has 29 heavy (non-hydrogen) atoms. The van der Waals surface area contributed by atoms with E-state index in [1.165, 1.54) is 11.5 Å². The van der Waals surface area contributed by atoms with Crippen molar-refractivity contribution in [3.8, 4) is 11.5 Å². The minimum absolute atomic E-state index is 0.345. The Kier molecular flexibility index (Phi) is 4.73. The molecule has 5 rings (SSSR count). The Morgan fingerprint density at radius 1 is 1.03 bits per heavy atom. The SMILES string of the molecule is Cc1nsc(N2CCC(Nc3nc4ccc(Oc5ccccc5)cn4n3)CC2)n1. The van der Waals surface area contributed by atoms with E-state index in [1.807, 2.05) is 55.6 Å². The first-order valence-electron chi connectivity index (χ1n) is 9.64. The van der Waals surface area contributed by atoms with Gasteiger partial charge in [0.2, 0.25) is 11.1 Å². The molecule has 4 aromatic rings. The van der Waals surface area contributed by atoms with Crippen LogP contribution in [0.4, 0.5) is 11.1 Å². The molecule has 1 saturated heterocycles. The number of hydrogen-bond acceptors (Lipinski definition) is 8. The Morgan fingerprint density at radius 3 is 2.62 bits per heavy atom. The second kappa shape index (κ2) is 7.67. The van der Waals surface area contributed by atoms with E-state index in [-0.39, 0.29) is 0 Å². The molecule has 0 spiro atoms. The molecule has 1 fully saturated rings. The van der Waals surface area contributed by atoms with E-state index in [9.17, 15) is 0 Å². The van der Waals surface area contributed by atoms with E-state index in [0.29, 0.717) is 12.0 Å². The number of nitrogens with one attached hydrogen (secondary N) is 1. The number of rotatable bonds is 5. The van der Waals surface area contributed by atoms with Crippen LogP contribution >= 0.6 is 11.5 Å².